The number of esters is 1. The van der Waals surface area contributed by atoms with E-state index in [1.54, 1.807) is 36.4 Å². The number of hydrogen-bond donors (Lipinski definition) is 1. The van der Waals surface area contributed by atoms with Crippen LogP contribution in [0.15, 0.2) is 66.1 Å². The van der Waals surface area contributed by atoms with Crippen LogP contribution in [0.25, 0.3) is 0 Å². The summed E-state index contributed by atoms with van der Waals surface area (Å²) in [5.41, 5.74) is 1.55. The van der Waals surface area contributed by atoms with Crippen LogP contribution in [0.5, 0.6) is 5.75 Å². The van der Waals surface area contributed by atoms with Gasteiger partial charge in [-0.2, -0.15) is 4.31 Å². The number of methoxy groups -OCH3 is 2. The van der Waals surface area contributed by atoms with Gasteiger partial charge in [0.2, 0.25) is 10.0 Å². The maximum Gasteiger partial charge on any atom is 0.336 e. The zero-order valence-electron chi connectivity index (χ0n) is 16.6. The first-order chi connectivity index (χ1) is 13.7. The zero-order valence-corrected chi connectivity index (χ0v) is 17.4. The molecule has 2 rings (SSSR count). The van der Waals surface area contributed by atoms with Crippen molar-refractivity contribution in [2.24, 2.45) is 0 Å². The Bertz CT molecular complexity index is 938. The molecule has 2 atom stereocenters. The van der Waals surface area contributed by atoms with Crippen LogP contribution < -0.4 is 4.74 Å². The third-order valence-electron chi connectivity index (χ3n) is 4.47. The minimum absolute atomic E-state index is 0.0422. The second-order valence-corrected chi connectivity index (χ2v) is 8.30. The molecule has 0 amide bonds. The van der Waals surface area contributed by atoms with Gasteiger partial charge in [-0.1, -0.05) is 35.9 Å². The van der Waals surface area contributed by atoms with E-state index in [0.29, 0.717) is 11.3 Å². The smallest absolute Gasteiger partial charge is 0.336 e. The van der Waals surface area contributed by atoms with Gasteiger partial charge in [0.25, 0.3) is 0 Å². The normalized spacial score (nSPS) is 13.6. The Labute approximate surface area is 171 Å². The SMILES string of the molecule is C=C[C@H]([C@H](O)C(=O)OC)N(Cc1ccc(OC)cc1)S(=O)(=O)c1ccc(C)cc1. The molecule has 2 aromatic carbocycles. The molecule has 0 unspecified atom stereocenters. The number of carbonyl (C=O) groups excluding carboxylic acids is 1. The molecule has 0 bridgehead atoms. The van der Waals surface area contributed by atoms with Crippen molar-refractivity contribution in [2.75, 3.05) is 14.2 Å². The summed E-state index contributed by atoms with van der Waals surface area (Å²) in [7, 11) is -1.42. The molecule has 0 aliphatic heterocycles. The van der Waals surface area contributed by atoms with Crippen molar-refractivity contribution in [3.05, 3.63) is 72.3 Å². The quantitative estimate of drug-likeness (QED) is 0.495. The molecule has 0 aromatic heterocycles. The summed E-state index contributed by atoms with van der Waals surface area (Å²) < 4.78 is 37.5. The van der Waals surface area contributed by atoms with E-state index in [0.717, 1.165) is 17.0 Å². The highest BCUT2D eigenvalue weighted by molar-refractivity contribution is 7.89. The predicted molar refractivity (Wildman–Crippen MR) is 109 cm³/mol. The number of sulfonamides is 1. The zero-order chi connectivity index (χ0) is 21.6. The Morgan fingerprint density at radius 3 is 2.21 bits per heavy atom. The van der Waals surface area contributed by atoms with E-state index >= 15 is 0 Å². The van der Waals surface area contributed by atoms with Gasteiger partial charge in [-0.3, -0.25) is 0 Å². The summed E-state index contributed by atoms with van der Waals surface area (Å²) in [4.78, 5) is 11.9. The minimum atomic E-state index is -4.07. The van der Waals surface area contributed by atoms with Crippen molar-refractivity contribution in [3.63, 3.8) is 0 Å². The van der Waals surface area contributed by atoms with E-state index in [9.17, 15) is 18.3 Å². The molecule has 1 N–H and O–H groups in total. The number of hydrogen-bond acceptors (Lipinski definition) is 6. The lowest BCUT2D eigenvalue weighted by molar-refractivity contribution is -0.152. The van der Waals surface area contributed by atoms with E-state index in [-0.39, 0.29) is 11.4 Å². The summed E-state index contributed by atoms with van der Waals surface area (Å²) in [5.74, 6) is -0.328. The second kappa shape index (κ2) is 9.69. The molecular weight excluding hydrogens is 394 g/mol. The van der Waals surface area contributed by atoms with Crippen LogP contribution in [-0.2, 0) is 26.1 Å². The first kappa shape index (κ1) is 22.6. The molecule has 0 heterocycles. The van der Waals surface area contributed by atoms with Gasteiger partial charge >= 0.3 is 5.97 Å². The lowest BCUT2D eigenvalue weighted by Crippen LogP contribution is -2.48. The van der Waals surface area contributed by atoms with E-state index < -0.39 is 28.1 Å². The van der Waals surface area contributed by atoms with Crippen molar-refractivity contribution < 1.29 is 27.8 Å². The van der Waals surface area contributed by atoms with Gasteiger partial charge in [0, 0.05) is 6.54 Å². The molecule has 0 saturated heterocycles. The summed E-state index contributed by atoms with van der Waals surface area (Å²) in [5, 5.41) is 10.4. The van der Waals surface area contributed by atoms with Crippen LogP contribution in [-0.4, -0.2) is 50.2 Å². The van der Waals surface area contributed by atoms with Gasteiger partial charge in [-0.05, 0) is 36.8 Å². The highest BCUT2D eigenvalue weighted by atomic mass is 32.2. The maximum absolute atomic E-state index is 13.4. The average molecular weight is 419 g/mol. The first-order valence-corrected chi connectivity index (χ1v) is 10.3. The lowest BCUT2D eigenvalue weighted by atomic mass is 10.1. The van der Waals surface area contributed by atoms with Crippen LogP contribution in [0.2, 0.25) is 0 Å². The topological polar surface area (TPSA) is 93.1 Å². The molecule has 29 heavy (non-hydrogen) atoms. The lowest BCUT2D eigenvalue weighted by Gasteiger charge is -2.31. The summed E-state index contributed by atoms with van der Waals surface area (Å²) >= 11 is 0. The van der Waals surface area contributed by atoms with Gasteiger partial charge in [-0.15, -0.1) is 6.58 Å². The van der Waals surface area contributed by atoms with Crippen LogP contribution >= 0.6 is 0 Å². The third-order valence-corrected chi connectivity index (χ3v) is 6.32. The van der Waals surface area contributed by atoms with Gasteiger partial charge in [0.15, 0.2) is 6.10 Å². The number of rotatable bonds is 9. The van der Waals surface area contributed by atoms with Crippen molar-refractivity contribution >= 4 is 16.0 Å². The molecule has 0 aliphatic rings. The first-order valence-electron chi connectivity index (χ1n) is 8.84. The van der Waals surface area contributed by atoms with Crippen LogP contribution in [0.1, 0.15) is 11.1 Å². The molecule has 7 nitrogen and oxygen atoms in total. The molecule has 0 fully saturated rings. The number of nitrogens with zero attached hydrogens (tertiary/aromatic N) is 1. The molecule has 156 valence electrons. The summed E-state index contributed by atoms with van der Waals surface area (Å²) in [6.45, 7) is 5.37. The number of benzene rings is 2. The fourth-order valence-electron chi connectivity index (χ4n) is 2.77. The number of aliphatic hydroxyl groups is 1. The Morgan fingerprint density at radius 2 is 1.72 bits per heavy atom. The molecule has 2 aromatic rings. The summed E-state index contributed by atoms with van der Waals surface area (Å²) in [6, 6.07) is 11.9. The van der Waals surface area contributed by atoms with Crippen LogP contribution in [0.4, 0.5) is 0 Å². The number of aliphatic hydroxyl groups excluding tert-OH is 1. The van der Waals surface area contributed by atoms with Gasteiger partial charge in [0.1, 0.15) is 5.75 Å². The summed E-state index contributed by atoms with van der Waals surface area (Å²) in [6.07, 6.45) is -0.507. The van der Waals surface area contributed by atoms with Crippen LogP contribution in [0, 0.1) is 6.92 Å². The van der Waals surface area contributed by atoms with Crippen molar-refractivity contribution in [1.82, 2.24) is 4.31 Å². The Morgan fingerprint density at radius 1 is 1.14 bits per heavy atom. The van der Waals surface area contributed by atoms with E-state index in [1.807, 2.05) is 6.92 Å². The molecular formula is C21H25NO6S. The highest BCUT2D eigenvalue weighted by Gasteiger charge is 2.37. The predicted octanol–water partition coefficient (Wildman–Crippen LogP) is 2.28. The largest absolute Gasteiger partial charge is 0.497 e. The standard InChI is InChI=1S/C21H25NO6S/c1-5-19(20(23)21(24)28-4)22(14-16-8-10-17(27-3)11-9-16)29(25,26)18-12-6-15(2)7-13-18/h5-13,19-20,23H,1,14H2,2-4H3/t19-,20+/m1/s1. The fraction of sp³-hybridized carbons (Fsp3) is 0.286. The molecule has 0 aliphatic carbocycles. The maximum atomic E-state index is 13.4. The number of ether oxygens (including phenoxy) is 2. The van der Waals surface area contributed by atoms with Crippen molar-refractivity contribution in [3.8, 4) is 5.75 Å². The van der Waals surface area contributed by atoms with Crippen molar-refractivity contribution in [1.29, 1.82) is 0 Å². The second-order valence-electron chi connectivity index (χ2n) is 6.41. The Hall–Kier alpha value is -2.68. The van der Waals surface area contributed by atoms with Crippen LogP contribution in [0.3, 0.4) is 0 Å². The monoisotopic (exact) mass is 419 g/mol. The molecule has 0 spiro atoms. The number of aryl methyl sites for hydroxylation is 1. The van der Waals surface area contributed by atoms with E-state index in [4.69, 9.17) is 4.74 Å². The van der Waals surface area contributed by atoms with Crippen molar-refractivity contribution in [2.45, 2.75) is 30.5 Å². The highest BCUT2D eigenvalue weighted by Crippen LogP contribution is 2.25. The van der Waals surface area contributed by atoms with Gasteiger partial charge in [-0.25, -0.2) is 13.2 Å². The third kappa shape index (κ3) is 5.23. The Kier molecular flexibility index (Phi) is 7.55. The fourth-order valence-corrected chi connectivity index (χ4v) is 4.36. The molecule has 0 saturated carbocycles. The Balaban J connectivity index is 2.51. The average Bonchev–Trinajstić information content (AvgIpc) is 2.73. The minimum Gasteiger partial charge on any atom is -0.497 e. The van der Waals surface area contributed by atoms with Gasteiger partial charge < -0.3 is 14.6 Å². The molecule has 8 heteroatoms. The molecule has 0 radical (unpaired) electrons. The van der Waals surface area contributed by atoms with E-state index in [2.05, 4.69) is 11.3 Å². The van der Waals surface area contributed by atoms with E-state index in [1.165, 1.54) is 25.3 Å². The van der Waals surface area contributed by atoms with Gasteiger partial charge in [0.05, 0.1) is 25.2 Å². The number of carbonyl (C=O) groups is 1.